The average molecular weight is 407 g/mol. The summed E-state index contributed by atoms with van der Waals surface area (Å²) in [6, 6.07) is 0. The third kappa shape index (κ3) is 6.27. The van der Waals surface area contributed by atoms with Gasteiger partial charge in [-0.05, 0) is 51.5 Å². The van der Waals surface area contributed by atoms with E-state index in [0.29, 0.717) is 5.92 Å². The van der Waals surface area contributed by atoms with E-state index in [1.165, 1.54) is 18.1 Å². The highest BCUT2D eigenvalue weighted by atomic mass is 16.8. The highest BCUT2D eigenvalue weighted by Gasteiger charge is 2.49. The number of ether oxygens (including phenoxy) is 4. The molecule has 2 rings (SSSR count). The normalized spacial score (nSPS) is 34.4. The standard InChI is InChI=1S/C24H38O5/c1-15(2)10-8-12-17(4)21-20(28-18(5)25)14-16(3)11-9-13-19-22(21)24(27-7)29-23(19)26-6/h10-11,13,17,20-24H,8-9,12,14H2,1-7H3/b16-11+,19-13+/t17-,20-,21-,22-,23?,24+/m0/s1. The van der Waals surface area contributed by atoms with Crippen LogP contribution in [0.5, 0.6) is 0 Å². The molecule has 0 N–H and O–H groups in total. The second kappa shape index (κ2) is 11.1. The number of hydrogen-bond acceptors (Lipinski definition) is 5. The van der Waals surface area contributed by atoms with Crippen LogP contribution in [0, 0.1) is 17.8 Å². The molecule has 0 saturated carbocycles. The van der Waals surface area contributed by atoms with Gasteiger partial charge in [0.25, 0.3) is 0 Å². The Morgan fingerprint density at radius 3 is 2.55 bits per heavy atom. The fourth-order valence-electron chi connectivity index (χ4n) is 4.67. The van der Waals surface area contributed by atoms with Gasteiger partial charge in [0.05, 0.1) is 0 Å². The Bertz CT molecular complexity index is 644. The third-order valence-electron chi connectivity index (χ3n) is 5.99. The molecule has 1 heterocycles. The van der Waals surface area contributed by atoms with Crippen LogP contribution in [0.1, 0.15) is 60.3 Å². The number of allylic oxidation sites excluding steroid dienone is 4. The Hall–Kier alpha value is -1.43. The second-order valence-electron chi connectivity index (χ2n) is 8.59. The predicted molar refractivity (Wildman–Crippen MR) is 114 cm³/mol. The van der Waals surface area contributed by atoms with Crippen LogP contribution in [0.3, 0.4) is 0 Å². The third-order valence-corrected chi connectivity index (χ3v) is 5.99. The summed E-state index contributed by atoms with van der Waals surface area (Å²) in [4.78, 5) is 12.0. The number of hydrogen-bond donors (Lipinski definition) is 0. The summed E-state index contributed by atoms with van der Waals surface area (Å²) in [7, 11) is 3.33. The van der Waals surface area contributed by atoms with Gasteiger partial charge in [-0.2, -0.15) is 0 Å². The van der Waals surface area contributed by atoms with Gasteiger partial charge in [0.1, 0.15) is 6.10 Å². The summed E-state index contributed by atoms with van der Waals surface area (Å²) in [6.07, 6.45) is 9.14. The van der Waals surface area contributed by atoms with Gasteiger partial charge >= 0.3 is 5.97 Å². The van der Waals surface area contributed by atoms with E-state index in [-0.39, 0.29) is 23.9 Å². The van der Waals surface area contributed by atoms with Crippen LogP contribution in [0.4, 0.5) is 0 Å². The molecule has 0 aromatic rings. The zero-order valence-corrected chi connectivity index (χ0v) is 19.1. The van der Waals surface area contributed by atoms with Crippen molar-refractivity contribution in [1.82, 2.24) is 0 Å². The van der Waals surface area contributed by atoms with Gasteiger partial charge < -0.3 is 18.9 Å². The van der Waals surface area contributed by atoms with Crippen molar-refractivity contribution < 1.29 is 23.7 Å². The average Bonchev–Trinajstić information content (AvgIpc) is 3.00. The quantitative estimate of drug-likeness (QED) is 0.431. The van der Waals surface area contributed by atoms with Crippen molar-refractivity contribution in [3.63, 3.8) is 0 Å². The summed E-state index contributed by atoms with van der Waals surface area (Å²) < 4.78 is 23.4. The molecule has 1 saturated heterocycles. The van der Waals surface area contributed by atoms with E-state index in [1.54, 1.807) is 14.2 Å². The number of fused-ring (bicyclic) bond motifs is 1. The van der Waals surface area contributed by atoms with Crippen LogP contribution >= 0.6 is 0 Å². The highest BCUT2D eigenvalue weighted by molar-refractivity contribution is 5.66. The molecule has 1 aliphatic heterocycles. The summed E-state index contributed by atoms with van der Waals surface area (Å²) in [6.45, 7) is 10.1. The Labute approximate surface area is 176 Å². The van der Waals surface area contributed by atoms with Crippen LogP contribution in [-0.4, -0.2) is 38.9 Å². The fraction of sp³-hybridized carbons (Fsp3) is 0.708. The van der Waals surface area contributed by atoms with E-state index in [1.807, 2.05) is 0 Å². The molecule has 6 atom stereocenters. The summed E-state index contributed by atoms with van der Waals surface area (Å²) in [5, 5.41) is 0. The molecule has 2 aliphatic rings. The van der Waals surface area contributed by atoms with Gasteiger partial charge in [0.15, 0.2) is 12.6 Å². The fourth-order valence-corrected chi connectivity index (χ4v) is 4.67. The van der Waals surface area contributed by atoms with Gasteiger partial charge in [-0.3, -0.25) is 4.79 Å². The maximum absolute atomic E-state index is 12.0. The number of methoxy groups -OCH3 is 2. The van der Waals surface area contributed by atoms with E-state index < -0.39 is 12.6 Å². The van der Waals surface area contributed by atoms with Crippen molar-refractivity contribution >= 4 is 5.97 Å². The van der Waals surface area contributed by atoms with Crippen LogP contribution in [-0.2, 0) is 23.7 Å². The highest BCUT2D eigenvalue weighted by Crippen LogP contribution is 2.46. The molecule has 1 unspecified atom stereocenters. The maximum atomic E-state index is 12.0. The van der Waals surface area contributed by atoms with Gasteiger partial charge in [-0.25, -0.2) is 0 Å². The SMILES string of the molecule is COC1O[C@@H](OC)[C@H]2/C1=C\C/C=C(\C)C[C@H](OC(C)=O)[C@@H]2[C@@H](C)CCC=C(C)C. The maximum Gasteiger partial charge on any atom is 0.302 e. The molecular weight excluding hydrogens is 368 g/mol. The van der Waals surface area contributed by atoms with Crippen molar-refractivity contribution in [2.45, 2.75) is 79.0 Å². The van der Waals surface area contributed by atoms with E-state index in [9.17, 15) is 4.79 Å². The number of carbonyl (C=O) groups excluding carboxylic acids is 1. The van der Waals surface area contributed by atoms with Crippen molar-refractivity contribution in [3.05, 3.63) is 34.9 Å². The first-order valence-corrected chi connectivity index (χ1v) is 10.7. The molecule has 0 spiro atoms. The van der Waals surface area contributed by atoms with Crippen LogP contribution < -0.4 is 0 Å². The van der Waals surface area contributed by atoms with Crippen molar-refractivity contribution in [2.75, 3.05) is 14.2 Å². The van der Waals surface area contributed by atoms with Crippen molar-refractivity contribution in [3.8, 4) is 0 Å². The first-order chi connectivity index (χ1) is 13.8. The summed E-state index contributed by atoms with van der Waals surface area (Å²) >= 11 is 0. The van der Waals surface area contributed by atoms with Gasteiger partial charge in [0.2, 0.25) is 0 Å². The lowest BCUT2D eigenvalue weighted by Gasteiger charge is -2.37. The van der Waals surface area contributed by atoms with Gasteiger partial charge in [0, 0.05) is 39.4 Å². The lowest BCUT2D eigenvalue weighted by atomic mass is 9.72. The minimum Gasteiger partial charge on any atom is -0.462 e. The Kier molecular flexibility index (Phi) is 9.12. The van der Waals surface area contributed by atoms with Crippen molar-refractivity contribution in [1.29, 1.82) is 0 Å². The van der Waals surface area contributed by atoms with E-state index in [2.05, 4.69) is 45.9 Å². The Morgan fingerprint density at radius 1 is 1.24 bits per heavy atom. The molecule has 29 heavy (non-hydrogen) atoms. The van der Waals surface area contributed by atoms with E-state index in [0.717, 1.165) is 31.3 Å². The zero-order valence-electron chi connectivity index (χ0n) is 19.1. The monoisotopic (exact) mass is 406 g/mol. The van der Waals surface area contributed by atoms with Gasteiger partial charge in [-0.15, -0.1) is 0 Å². The smallest absolute Gasteiger partial charge is 0.302 e. The van der Waals surface area contributed by atoms with Gasteiger partial charge in [-0.1, -0.05) is 36.3 Å². The summed E-state index contributed by atoms with van der Waals surface area (Å²) in [5.74, 6) is 0.119. The molecule has 1 aliphatic carbocycles. The molecule has 0 radical (unpaired) electrons. The molecular formula is C24H38O5. The summed E-state index contributed by atoms with van der Waals surface area (Å²) in [5.41, 5.74) is 3.65. The molecule has 1 fully saturated rings. The predicted octanol–water partition coefficient (Wildman–Crippen LogP) is 5.17. The Balaban J connectivity index is 2.47. The number of rotatable bonds is 7. The molecule has 164 valence electrons. The van der Waals surface area contributed by atoms with Crippen LogP contribution in [0.25, 0.3) is 0 Å². The molecule has 0 aromatic heterocycles. The second-order valence-corrected chi connectivity index (χ2v) is 8.59. The molecule has 0 amide bonds. The van der Waals surface area contributed by atoms with E-state index in [4.69, 9.17) is 18.9 Å². The molecule has 0 aromatic carbocycles. The lowest BCUT2D eigenvalue weighted by Crippen LogP contribution is -2.40. The first-order valence-electron chi connectivity index (χ1n) is 10.7. The first kappa shape index (κ1) is 23.8. The van der Waals surface area contributed by atoms with Crippen molar-refractivity contribution in [2.24, 2.45) is 17.8 Å². The topological polar surface area (TPSA) is 54.0 Å². The molecule has 5 nitrogen and oxygen atoms in total. The minimum atomic E-state index is -0.429. The zero-order chi connectivity index (χ0) is 21.6. The van der Waals surface area contributed by atoms with Crippen LogP contribution in [0.15, 0.2) is 34.9 Å². The number of esters is 1. The number of carbonyl (C=O) groups is 1. The molecule has 5 heteroatoms. The minimum absolute atomic E-state index is 0.0182. The van der Waals surface area contributed by atoms with Crippen LogP contribution in [0.2, 0.25) is 0 Å². The molecule has 0 bridgehead atoms. The largest absolute Gasteiger partial charge is 0.462 e. The Morgan fingerprint density at radius 2 is 1.97 bits per heavy atom. The lowest BCUT2D eigenvalue weighted by molar-refractivity contribution is -0.199. The van der Waals surface area contributed by atoms with E-state index >= 15 is 0 Å².